The zero-order valence-electron chi connectivity index (χ0n) is 17.2. The number of non-ortho nitro benzene ring substituents is 1. The zero-order chi connectivity index (χ0) is 21.8. The van der Waals surface area contributed by atoms with Crippen molar-refractivity contribution in [3.05, 3.63) is 33.9 Å². The number of rotatable bonds is 6. The minimum Gasteiger partial charge on any atom is -0.493 e. The Morgan fingerprint density at radius 3 is 2.38 bits per heavy atom. The van der Waals surface area contributed by atoms with Gasteiger partial charge in [0.1, 0.15) is 11.4 Å². The molecule has 1 aromatic rings. The SMILES string of the molecule is CC(C)(C)OC(=O)N1CCC(CCOc2ccc([N+](=O)[O-])cc2C(C)(F)F)CC1. The van der Waals surface area contributed by atoms with Gasteiger partial charge in [-0.2, -0.15) is 0 Å². The summed E-state index contributed by atoms with van der Waals surface area (Å²) >= 11 is 0. The molecule has 1 aromatic carbocycles. The second-order valence-corrected chi connectivity index (χ2v) is 8.37. The molecule has 0 saturated carbocycles. The number of benzene rings is 1. The van der Waals surface area contributed by atoms with E-state index in [0.29, 0.717) is 32.4 Å². The average Bonchev–Trinajstić information content (AvgIpc) is 2.60. The zero-order valence-corrected chi connectivity index (χ0v) is 17.2. The molecule has 0 spiro atoms. The number of hydrogen-bond donors (Lipinski definition) is 0. The molecule has 0 atom stereocenters. The number of amides is 1. The van der Waals surface area contributed by atoms with Crippen molar-refractivity contribution in [1.29, 1.82) is 0 Å². The lowest BCUT2D eigenvalue weighted by atomic mass is 9.94. The number of nitrogens with zero attached hydrogens (tertiary/aromatic N) is 2. The summed E-state index contributed by atoms with van der Waals surface area (Å²) in [6.07, 6.45) is 1.88. The Hall–Kier alpha value is -2.45. The van der Waals surface area contributed by atoms with E-state index in [1.54, 1.807) is 4.90 Å². The van der Waals surface area contributed by atoms with Gasteiger partial charge in [-0.05, 0) is 52.0 Å². The number of likely N-dealkylation sites (tertiary alicyclic amines) is 1. The number of nitro groups is 1. The molecule has 162 valence electrons. The highest BCUT2D eigenvalue weighted by Gasteiger charge is 2.31. The molecule has 1 aliphatic rings. The fourth-order valence-electron chi connectivity index (χ4n) is 3.17. The summed E-state index contributed by atoms with van der Waals surface area (Å²) in [7, 11) is 0. The Morgan fingerprint density at radius 1 is 1.24 bits per heavy atom. The normalized spacial score (nSPS) is 15.9. The Balaban J connectivity index is 1.87. The van der Waals surface area contributed by atoms with Crippen molar-refractivity contribution in [3.63, 3.8) is 0 Å². The summed E-state index contributed by atoms with van der Waals surface area (Å²) in [5.41, 5.74) is -1.43. The number of nitro benzene ring substituents is 1. The molecule has 29 heavy (non-hydrogen) atoms. The Kier molecular flexibility index (Phi) is 7.02. The van der Waals surface area contributed by atoms with E-state index in [2.05, 4.69) is 0 Å². The van der Waals surface area contributed by atoms with E-state index in [9.17, 15) is 23.7 Å². The van der Waals surface area contributed by atoms with Gasteiger partial charge in [0.2, 0.25) is 0 Å². The number of carbonyl (C=O) groups excluding carboxylic acids is 1. The molecule has 9 heteroatoms. The van der Waals surface area contributed by atoms with E-state index < -0.39 is 27.7 Å². The standard InChI is InChI=1S/C20H28F2N2O5/c1-19(2,3)29-18(25)23-10-7-14(8-11-23)9-12-28-17-6-5-15(24(26)27)13-16(17)20(4,21)22/h5-6,13-14H,7-12H2,1-4H3. The molecule has 1 heterocycles. The van der Waals surface area contributed by atoms with Gasteiger partial charge >= 0.3 is 6.09 Å². The second kappa shape index (κ2) is 8.92. The van der Waals surface area contributed by atoms with Gasteiger partial charge in [0.05, 0.1) is 17.1 Å². The van der Waals surface area contributed by atoms with Crippen LogP contribution >= 0.6 is 0 Å². The van der Waals surface area contributed by atoms with Crippen LogP contribution in [0.4, 0.5) is 19.3 Å². The fraction of sp³-hybridized carbons (Fsp3) is 0.650. The first-order valence-electron chi connectivity index (χ1n) is 9.64. The molecular weight excluding hydrogens is 386 g/mol. The van der Waals surface area contributed by atoms with Gasteiger partial charge in [-0.15, -0.1) is 0 Å². The van der Waals surface area contributed by atoms with Crippen molar-refractivity contribution in [1.82, 2.24) is 4.90 Å². The van der Waals surface area contributed by atoms with Crippen LogP contribution in [-0.4, -0.2) is 41.2 Å². The molecule has 0 bridgehead atoms. The summed E-state index contributed by atoms with van der Waals surface area (Å²) < 4.78 is 38.5. The van der Waals surface area contributed by atoms with E-state index >= 15 is 0 Å². The maximum absolute atomic E-state index is 13.8. The van der Waals surface area contributed by atoms with Gasteiger partial charge in [-0.25, -0.2) is 13.6 Å². The summed E-state index contributed by atoms with van der Waals surface area (Å²) in [5.74, 6) is -2.99. The summed E-state index contributed by atoms with van der Waals surface area (Å²) in [6.45, 7) is 7.53. The van der Waals surface area contributed by atoms with Crippen LogP contribution in [0.2, 0.25) is 0 Å². The highest BCUT2D eigenvalue weighted by Crippen LogP contribution is 2.37. The lowest BCUT2D eigenvalue weighted by Gasteiger charge is -2.33. The molecule has 0 aromatic heterocycles. The van der Waals surface area contributed by atoms with Crippen LogP contribution in [0.1, 0.15) is 52.5 Å². The molecule has 0 aliphatic carbocycles. The minimum absolute atomic E-state index is 0.0470. The number of carbonyl (C=O) groups is 1. The molecule has 1 fully saturated rings. The van der Waals surface area contributed by atoms with Gasteiger partial charge in [0, 0.05) is 32.1 Å². The highest BCUT2D eigenvalue weighted by atomic mass is 19.3. The van der Waals surface area contributed by atoms with Gasteiger partial charge < -0.3 is 14.4 Å². The maximum Gasteiger partial charge on any atom is 0.410 e. The van der Waals surface area contributed by atoms with Gasteiger partial charge in [0.15, 0.2) is 0 Å². The number of piperidine rings is 1. The molecule has 1 aliphatic heterocycles. The van der Waals surface area contributed by atoms with Crippen molar-refractivity contribution < 1.29 is 28.0 Å². The van der Waals surface area contributed by atoms with Crippen molar-refractivity contribution in [2.45, 2.75) is 58.5 Å². The van der Waals surface area contributed by atoms with E-state index in [-0.39, 0.29) is 18.4 Å². The van der Waals surface area contributed by atoms with Crippen molar-refractivity contribution in [2.75, 3.05) is 19.7 Å². The first kappa shape index (κ1) is 22.8. The van der Waals surface area contributed by atoms with E-state index in [0.717, 1.165) is 25.0 Å². The summed E-state index contributed by atoms with van der Waals surface area (Å²) in [5, 5.41) is 10.8. The monoisotopic (exact) mass is 414 g/mol. The van der Waals surface area contributed by atoms with Crippen LogP contribution < -0.4 is 4.74 Å². The predicted molar refractivity (Wildman–Crippen MR) is 103 cm³/mol. The van der Waals surface area contributed by atoms with E-state index in [1.165, 1.54) is 6.07 Å². The molecule has 2 rings (SSSR count). The lowest BCUT2D eigenvalue weighted by Crippen LogP contribution is -2.41. The largest absolute Gasteiger partial charge is 0.493 e. The van der Waals surface area contributed by atoms with Crippen LogP contribution in [0.5, 0.6) is 5.75 Å². The lowest BCUT2D eigenvalue weighted by molar-refractivity contribution is -0.385. The van der Waals surface area contributed by atoms with Gasteiger partial charge in [-0.3, -0.25) is 10.1 Å². The average molecular weight is 414 g/mol. The number of halogens is 2. The molecule has 1 saturated heterocycles. The van der Waals surface area contributed by atoms with Crippen LogP contribution in [0.25, 0.3) is 0 Å². The van der Waals surface area contributed by atoms with E-state index in [4.69, 9.17) is 9.47 Å². The van der Waals surface area contributed by atoms with Crippen LogP contribution in [0, 0.1) is 16.0 Å². The third kappa shape index (κ3) is 6.83. The third-order valence-electron chi connectivity index (χ3n) is 4.70. The van der Waals surface area contributed by atoms with Crippen molar-refractivity contribution in [2.24, 2.45) is 5.92 Å². The minimum atomic E-state index is -3.25. The summed E-state index contributed by atoms with van der Waals surface area (Å²) in [4.78, 5) is 23.9. The third-order valence-corrected chi connectivity index (χ3v) is 4.70. The Morgan fingerprint density at radius 2 is 1.86 bits per heavy atom. The molecular formula is C20H28F2N2O5. The molecule has 0 radical (unpaired) electrons. The molecule has 0 N–H and O–H groups in total. The van der Waals surface area contributed by atoms with Crippen molar-refractivity contribution >= 4 is 11.8 Å². The topological polar surface area (TPSA) is 81.9 Å². The highest BCUT2D eigenvalue weighted by molar-refractivity contribution is 5.68. The summed E-state index contributed by atoms with van der Waals surface area (Å²) in [6, 6.07) is 3.23. The smallest absolute Gasteiger partial charge is 0.410 e. The first-order chi connectivity index (χ1) is 13.4. The maximum atomic E-state index is 13.8. The van der Waals surface area contributed by atoms with Gasteiger partial charge in [-0.1, -0.05) is 0 Å². The first-order valence-corrected chi connectivity index (χ1v) is 9.64. The Labute approximate surface area is 169 Å². The van der Waals surface area contributed by atoms with Crippen LogP contribution in [-0.2, 0) is 10.7 Å². The predicted octanol–water partition coefficient (Wildman–Crippen LogP) is 5.12. The van der Waals surface area contributed by atoms with E-state index in [1.807, 2.05) is 20.8 Å². The Bertz CT molecular complexity index is 735. The van der Waals surface area contributed by atoms with Gasteiger partial charge in [0.25, 0.3) is 11.6 Å². The fourth-order valence-corrected chi connectivity index (χ4v) is 3.17. The van der Waals surface area contributed by atoms with Crippen molar-refractivity contribution in [3.8, 4) is 5.75 Å². The number of hydrogen-bond acceptors (Lipinski definition) is 5. The number of ether oxygens (including phenoxy) is 2. The molecule has 1 amide bonds. The second-order valence-electron chi connectivity index (χ2n) is 8.37. The molecule has 0 unspecified atom stereocenters. The quantitative estimate of drug-likeness (QED) is 0.476. The molecule has 7 nitrogen and oxygen atoms in total. The van der Waals surface area contributed by atoms with Crippen LogP contribution in [0.3, 0.4) is 0 Å². The van der Waals surface area contributed by atoms with Crippen LogP contribution in [0.15, 0.2) is 18.2 Å². The number of alkyl halides is 2.